The maximum Gasteiger partial charge on any atom is 0.573 e. The Morgan fingerprint density at radius 1 is 0.950 bits per heavy atom. The standard InChI is InChI=1S/C13H10BF3O3/c15-13(16,17)20-10-6-7-11(12(8-10)14(18)19)9-4-2-1-3-5-9/h1-8,18-19H. The summed E-state index contributed by atoms with van der Waals surface area (Å²) in [5.41, 5.74) is 1.03. The predicted molar refractivity (Wildman–Crippen MR) is 68.4 cm³/mol. The van der Waals surface area contributed by atoms with Crippen LogP contribution in [0.25, 0.3) is 11.1 Å². The van der Waals surface area contributed by atoms with E-state index in [0.717, 1.165) is 12.1 Å². The number of hydrogen-bond donors (Lipinski definition) is 2. The quantitative estimate of drug-likeness (QED) is 0.846. The third-order valence-electron chi connectivity index (χ3n) is 2.62. The van der Waals surface area contributed by atoms with Crippen molar-refractivity contribution in [1.29, 1.82) is 0 Å². The number of halogens is 3. The fraction of sp³-hybridized carbons (Fsp3) is 0.0769. The van der Waals surface area contributed by atoms with Gasteiger partial charge in [0.05, 0.1) is 0 Å². The average molecular weight is 282 g/mol. The molecule has 0 saturated carbocycles. The summed E-state index contributed by atoms with van der Waals surface area (Å²) in [6, 6.07) is 12.1. The van der Waals surface area contributed by atoms with Crippen LogP contribution in [0.15, 0.2) is 48.5 Å². The molecule has 0 radical (unpaired) electrons. The number of benzene rings is 2. The smallest absolute Gasteiger partial charge is 0.423 e. The first-order valence-corrected chi connectivity index (χ1v) is 5.68. The highest BCUT2D eigenvalue weighted by Gasteiger charge is 2.31. The third kappa shape index (κ3) is 3.52. The highest BCUT2D eigenvalue weighted by molar-refractivity contribution is 6.60. The molecule has 0 aliphatic heterocycles. The summed E-state index contributed by atoms with van der Waals surface area (Å²) in [6.07, 6.45) is -4.83. The second kappa shape index (κ2) is 5.56. The van der Waals surface area contributed by atoms with Crippen molar-refractivity contribution in [2.24, 2.45) is 0 Å². The largest absolute Gasteiger partial charge is 0.573 e. The lowest BCUT2D eigenvalue weighted by Gasteiger charge is -2.13. The van der Waals surface area contributed by atoms with Crippen LogP contribution < -0.4 is 10.2 Å². The average Bonchev–Trinajstić information content (AvgIpc) is 2.37. The van der Waals surface area contributed by atoms with Gasteiger partial charge in [0.1, 0.15) is 5.75 Å². The van der Waals surface area contributed by atoms with Crippen molar-refractivity contribution in [3.8, 4) is 16.9 Å². The van der Waals surface area contributed by atoms with Crippen molar-refractivity contribution in [2.75, 3.05) is 0 Å². The van der Waals surface area contributed by atoms with Gasteiger partial charge in [-0.1, -0.05) is 36.4 Å². The molecule has 0 aromatic heterocycles. The second-order valence-corrected chi connectivity index (χ2v) is 4.04. The van der Waals surface area contributed by atoms with Gasteiger partial charge in [-0.2, -0.15) is 0 Å². The topological polar surface area (TPSA) is 49.7 Å². The van der Waals surface area contributed by atoms with E-state index >= 15 is 0 Å². The first-order chi connectivity index (χ1) is 9.37. The van der Waals surface area contributed by atoms with Crippen molar-refractivity contribution >= 4 is 12.6 Å². The number of ether oxygens (including phenoxy) is 1. The molecule has 0 spiro atoms. The molecule has 0 heterocycles. The Kier molecular flexibility index (Phi) is 4.01. The second-order valence-electron chi connectivity index (χ2n) is 4.04. The van der Waals surface area contributed by atoms with E-state index in [0.29, 0.717) is 11.1 Å². The van der Waals surface area contributed by atoms with Crippen LogP contribution in [0.1, 0.15) is 0 Å². The predicted octanol–water partition coefficient (Wildman–Crippen LogP) is 1.93. The molecule has 0 amide bonds. The Labute approximate surface area is 113 Å². The van der Waals surface area contributed by atoms with E-state index in [4.69, 9.17) is 0 Å². The molecule has 0 unspecified atom stereocenters. The zero-order valence-electron chi connectivity index (χ0n) is 10.1. The van der Waals surface area contributed by atoms with Crippen LogP contribution in [0.3, 0.4) is 0 Å². The highest BCUT2D eigenvalue weighted by atomic mass is 19.4. The summed E-state index contributed by atoms with van der Waals surface area (Å²) in [7, 11) is -1.90. The van der Waals surface area contributed by atoms with Gasteiger partial charge >= 0.3 is 13.5 Å². The molecular weight excluding hydrogens is 272 g/mol. The van der Waals surface area contributed by atoms with Crippen LogP contribution in [0.4, 0.5) is 13.2 Å². The van der Waals surface area contributed by atoms with E-state index in [1.165, 1.54) is 6.07 Å². The van der Waals surface area contributed by atoms with Crippen molar-refractivity contribution in [3.05, 3.63) is 48.5 Å². The fourth-order valence-corrected chi connectivity index (χ4v) is 1.83. The monoisotopic (exact) mass is 282 g/mol. The van der Waals surface area contributed by atoms with E-state index in [2.05, 4.69) is 4.74 Å². The molecule has 2 aromatic carbocycles. The summed E-state index contributed by atoms with van der Waals surface area (Å²) in [5.74, 6) is -0.500. The van der Waals surface area contributed by atoms with Crippen molar-refractivity contribution in [3.63, 3.8) is 0 Å². The first kappa shape index (κ1) is 14.4. The number of hydrogen-bond acceptors (Lipinski definition) is 3. The number of rotatable bonds is 3. The van der Waals surface area contributed by atoms with Gasteiger partial charge in [0.15, 0.2) is 0 Å². The molecule has 20 heavy (non-hydrogen) atoms. The Hall–Kier alpha value is -1.99. The molecule has 0 aliphatic rings. The Morgan fingerprint density at radius 2 is 1.60 bits per heavy atom. The van der Waals surface area contributed by atoms with Gasteiger partial charge < -0.3 is 14.8 Å². The minimum absolute atomic E-state index is 0.0575. The van der Waals surface area contributed by atoms with E-state index in [9.17, 15) is 23.2 Å². The molecule has 7 heteroatoms. The summed E-state index contributed by atoms with van der Waals surface area (Å²) in [5, 5.41) is 18.6. The minimum atomic E-state index is -4.83. The maximum absolute atomic E-state index is 12.2. The zero-order valence-corrected chi connectivity index (χ0v) is 10.1. The van der Waals surface area contributed by atoms with Crippen LogP contribution in [0, 0.1) is 0 Å². The Morgan fingerprint density at radius 3 is 2.15 bits per heavy atom. The summed E-state index contributed by atoms with van der Waals surface area (Å²) in [6.45, 7) is 0. The molecule has 0 bridgehead atoms. The molecule has 104 valence electrons. The zero-order chi connectivity index (χ0) is 14.8. The molecule has 2 aromatic rings. The van der Waals surface area contributed by atoms with Crippen molar-refractivity contribution in [2.45, 2.75) is 6.36 Å². The number of alkyl halides is 3. The van der Waals surface area contributed by atoms with Gasteiger partial charge in [0, 0.05) is 0 Å². The van der Waals surface area contributed by atoms with Gasteiger partial charge in [-0.05, 0) is 28.7 Å². The van der Waals surface area contributed by atoms with E-state index in [1.807, 2.05) is 0 Å². The lowest BCUT2D eigenvalue weighted by atomic mass is 9.75. The summed E-state index contributed by atoms with van der Waals surface area (Å²) >= 11 is 0. The first-order valence-electron chi connectivity index (χ1n) is 5.68. The molecule has 0 fully saturated rings. The van der Waals surface area contributed by atoms with Crippen LogP contribution in [0.2, 0.25) is 0 Å². The van der Waals surface area contributed by atoms with Crippen LogP contribution in [0.5, 0.6) is 5.75 Å². The summed E-state index contributed by atoms with van der Waals surface area (Å²) in [4.78, 5) is 0. The highest BCUT2D eigenvalue weighted by Crippen LogP contribution is 2.25. The van der Waals surface area contributed by atoms with Crippen LogP contribution in [-0.2, 0) is 0 Å². The Bertz CT molecular complexity index is 585. The van der Waals surface area contributed by atoms with Crippen LogP contribution in [-0.4, -0.2) is 23.5 Å². The normalized spacial score (nSPS) is 11.2. The molecule has 2 N–H and O–H groups in total. The summed E-state index contributed by atoms with van der Waals surface area (Å²) < 4.78 is 40.2. The molecular formula is C13H10BF3O3. The molecule has 2 rings (SSSR count). The SMILES string of the molecule is OB(O)c1cc(OC(F)(F)F)ccc1-c1ccccc1. The van der Waals surface area contributed by atoms with E-state index in [1.54, 1.807) is 30.3 Å². The fourth-order valence-electron chi connectivity index (χ4n) is 1.83. The van der Waals surface area contributed by atoms with Crippen molar-refractivity contribution < 1.29 is 28.0 Å². The van der Waals surface area contributed by atoms with Gasteiger partial charge in [-0.25, -0.2) is 0 Å². The Balaban J connectivity index is 2.44. The molecule has 0 aliphatic carbocycles. The minimum Gasteiger partial charge on any atom is -0.423 e. The van der Waals surface area contributed by atoms with Gasteiger partial charge in [-0.15, -0.1) is 13.2 Å². The van der Waals surface area contributed by atoms with E-state index in [-0.39, 0.29) is 5.46 Å². The van der Waals surface area contributed by atoms with Gasteiger partial charge in [0.25, 0.3) is 0 Å². The lowest BCUT2D eigenvalue weighted by molar-refractivity contribution is -0.274. The van der Waals surface area contributed by atoms with Crippen molar-refractivity contribution in [1.82, 2.24) is 0 Å². The molecule has 0 atom stereocenters. The molecule has 3 nitrogen and oxygen atoms in total. The maximum atomic E-state index is 12.2. The third-order valence-corrected chi connectivity index (χ3v) is 2.62. The van der Waals surface area contributed by atoms with Crippen LogP contribution >= 0.6 is 0 Å². The lowest BCUT2D eigenvalue weighted by Crippen LogP contribution is -2.32. The molecule has 0 saturated heterocycles. The van der Waals surface area contributed by atoms with E-state index < -0.39 is 19.2 Å². The van der Waals surface area contributed by atoms with Gasteiger partial charge in [0.2, 0.25) is 0 Å². The van der Waals surface area contributed by atoms with Gasteiger partial charge in [-0.3, -0.25) is 0 Å².